The van der Waals surface area contributed by atoms with Crippen LogP contribution in [-0.2, 0) is 11.8 Å². The summed E-state index contributed by atoms with van der Waals surface area (Å²) < 4.78 is 2.24. The lowest BCUT2D eigenvalue weighted by molar-refractivity contribution is 0.346. The first-order chi connectivity index (χ1) is 7.30. The number of anilines is 1. The molecule has 3 nitrogen and oxygen atoms in total. The third-order valence-corrected chi connectivity index (χ3v) is 3.45. The van der Waals surface area contributed by atoms with E-state index in [1.807, 2.05) is 0 Å². The topological polar surface area (TPSA) is 43.8 Å². The number of aromatic nitrogens is 2. The van der Waals surface area contributed by atoms with Crippen LogP contribution in [0.25, 0.3) is 0 Å². The van der Waals surface area contributed by atoms with Crippen LogP contribution in [-0.4, -0.2) is 9.55 Å². The Morgan fingerprint density at radius 2 is 1.94 bits per heavy atom. The molecule has 2 rings (SSSR count). The van der Waals surface area contributed by atoms with E-state index >= 15 is 0 Å². The van der Waals surface area contributed by atoms with E-state index in [1.54, 1.807) is 0 Å². The van der Waals surface area contributed by atoms with Crippen molar-refractivity contribution in [3.8, 4) is 0 Å². The van der Waals surface area contributed by atoms with Gasteiger partial charge >= 0.3 is 0 Å². The average Bonchev–Trinajstić information content (AvgIpc) is 2.41. The van der Waals surface area contributed by atoms with Crippen LogP contribution in [0.15, 0.2) is 0 Å². The molecular weight excluding hydrogens is 198 g/mol. The molecule has 1 aliphatic rings. The summed E-state index contributed by atoms with van der Waals surface area (Å²) >= 11 is 0. The fraction of sp³-hybridized carbons (Fsp3) is 0.769. The van der Waals surface area contributed by atoms with Crippen LogP contribution in [0.3, 0.4) is 0 Å². The van der Waals surface area contributed by atoms with Gasteiger partial charge in [0.25, 0.3) is 0 Å². The molecule has 0 saturated heterocycles. The summed E-state index contributed by atoms with van der Waals surface area (Å²) in [4.78, 5) is 4.76. The van der Waals surface area contributed by atoms with Crippen LogP contribution in [0, 0.1) is 5.92 Å². The van der Waals surface area contributed by atoms with Crippen LogP contribution < -0.4 is 5.73 Å². The highest BCUT2D eigenvalue weighted by Gasteiger charge is 2.30. The van der Waals surface area contributed by atoms with E-state index in [9.17, 15) is 0 Å². The van der Waals surface area contributed by atoms with E-state index in [0.717, 1.165) is 23.9 Å². The number of imidazole rings is 1. The number of rotatable bonds is 0. The first-order valence-corrected chi connectivity index (χ1v) is 6.17. The van der Waals surface area contributed by atoms with Gasteiger partial charge in [-0.05, 0) is 19.3 Å². The van der Waals surface area contributed by atoms with Crippen molar-refractivity contribution in [1.82, 2.24) is 9.55 Å². The third-order valence-electron chi connectivity index (χ3n) is 3.45. The fourth-order valence-electron chi connectivity index (χ4n) is 2.76. The highest BCUT2D eigenvalue weighted by Crippen LogP contribution is 2.36. The largest absolute Gasteiger partial charge is 0.384 e. The Balaban J connectivity index is 2.52. The molecule has 0 aromatic carbocycles. The molecule has 0 saturated carbocycles. The zero-order valence-electron chi connectivity index (χ0n) is 11.0. The SMILES string of the molecule is CC1Cc2nc(C(C)(C)C)c(N)n2C(C)C1. The summed E-state index contributed by atoms with van der Waals surface area (Å²) in [5.41, 5.74) is 7.34. The molecule has 0 spiro atoms. The van der Waals surface area contributed by atoms with Crippen molar-refractivity contribution < 1.29 is 0 Å². The molecule has 1 aliphatic heterocycles. The van der Waals surface area contributed by atoms with Gasteiger partial charge in [-0.25, -0.2) is 4.98 Å². The fourth-order valence-corrected chi connectivity index (χ4v) is 2.76. The Kier molecular flexibility index (Phi) is 2.52. The Labute approximate surface area is 98.1 Å². The van der Waals surface area contributed by atoms with Gasteiger partial charge in [0.15, 0.2) is 0 Å². The van der Waals surface area contributed by atoms with Gasteiger partial charge in [-0.15, -0.1) is 0 Å². The van der Waals surface area contributed by atoms with Gasteiger partial charge < -0.3 is 10.3 Å². The Morgan fingerprint density at radius 3 is 2.50 bits per heavy atom. The molecule has 1 aromatic heterocycles. The maximum absolute atomic E-state index is 6.25. The summed E-state index contributed by atoms with van der Waals surface area (Å²) in [6.07, 6.45) is 2.27. The maximum Gasteiger partial charge on any atom is 0.127 e. The molecule has 2 N–H and O–H groups in total. The second-order valence-electron chi connectivity index (χ2n) is 6.28. The second kappa shape index (κ2) is 3.51. The first kappa shape index (κ1) is 11.5. The van der Waals surface area contributed by atoms with Crippen molar-refractivity contribution in [2.45, 2.75) is 58.9 Å². The van der Waals surface area contributed by atoms with Crippen LogP contribution in [0.5, 0.6) is 0 Å². The van der Waals surface area contributed by atoms with Crippen LogP contribution in [0.1, 0.15) is 58.6 Å². The van der Waals surface area contributed by atoms with Crippen molar-refractivity contribution in [2.24, 2.45) is 5.92 Å². The average molecular weight is 221 g/mol. The molecular formula is C13H23N3. The maximum atomic E-state index is 6.25. The minimum Gasteiger partial charge on any atom is -0.384 e. The lowest BCUT2D eigenvalue weighted by Crippen LogP contribution is -2.22. The lowest BCUT2D eigenvalue weighted by Gasteiger charge is -2.27. The van der Waals surface area contributed by atoms with Crippen molar-refractivity contribution in [3.63, 3.8) is 0 Å². The van der Waals surface area contributed by atoms with Crippen LogP contribution >= 0.6 is 0 Å². The molecule has 0 aliphatic carbocycles. The van der Waals surface area contributed by atoms with E-state index in [4.69, 9.17) is 10.7 Å². The summed E-state index contributed by atoms with van der Waals surface area (Å²) in [6.45, 7) is 11.1. The summed E-state index contributed by atoms with van der Waals surface area (Å²) in [6, 6.07) is 0.488. The smallest absolute Gasteiger partial charge is 0.127 e. The van der Waals surface area contributed by atoms with Gasteiger partial charge in [-0.3, -0.25) is 0 Å². The van der Waals surface area contributed by atoms with E-state index in [-0.39, 0.29) is 5.41 Å². The molecule has 1 aromatic rings. The summed E-state index contributed by atoms with van der Waals surface area (Å²) in [5.74, 6) is 2.77. The molecule has 2 unspecified atom stereocenters. The number of hydrogen-bond donors (Lipinski definition) is 1. The normalized spacial score (nSPS) is 25.6. The van der Waals surface area contributed by atoms with Gasteiger partial charge in [0, 0.05) is 17.9 Å². The van der Waals surface area contributed by atoms with Gasteiger partial charge in [0.1, 0.15) is 11.6 Å². The Hall–Kier alpha value is -0.990. The van der Waals surface area contributed by atoms with Gasteiger partial charge in [0.2, 0.25) is 0 Å². The zero-order chi connectivity index (χ0) is 12.1. The molecule has 0 radical (unpaired) electrons. The Morgan fingerprint density at radius 1 is 1.31 bits per heavy atom. The monoisotopic (exact) mass is 221 g/mol. The first-order valence-electron chi connectivity index (χ1n) is 6.17. The van der Waals surface area contributed by atoms with E-state index in [0.29, 0.717) is 6.04 Å². The number of nitrogens with two attached hydrogens (primary N) is 1. The molecule has 16 heavy (non-hydrogen) atoms. The predicted octanol–water partition coefficient (Wildman–Crippen LogP) is 2.91. The highest BCUT2D eigenvalue weighted by atomic mass is 15.2. The molecule has 3 heteroatoms. The van der Waals surface area contributed by atoms with E-state index in [2.05, 4.69) is 39.2 Å². The molecule has 0 bridgehead atoms. The lowest BCUT2D eigenvalue weighted by atomic mass is 9.92. The van der Waals surface area contributed by atoms with Crippen molar-refractivity contribution in [1.29, 1.82) is 0 Å². The quantitative estimate of drug-likeness (QED) is 0.732. The number of hydrogen-bond acceptors (Lipinski definition) is 2. The van der Waals surface area contributed by atoms with Gasteiger partial charge in [-0.2, -0.15) is 0 Å². The van der Waals surface area contributed by atoms with Crippen molar-refractivity contribution >= 4 is 5.82 Å². The third kappa shape index (κ3) is 1.72. The van der Waals surface area contributed by atoms with Gasteiger partial charge in [-0.1, -0.05) is 27.7 Å². The second-order valence-corrected chi connectivity index (χ2v) is 6.28. The zero-order valence-corrected chi connectivity index (χ0v) is 11.0. The van der Waals surface area contributed by atoms with E-state index in [1.165, 1.54) is 12.2 Å². The molecule has 2 heterocycles. The Bertz CT molecular complexity index is 398. The van der Waals surface area contributed by atoms with Crippen molar-refractivity contribution in [3.05, 3.63) is 11.5 Å². The molecule has 0 amide bonds. The van der Waals surface area contributed by atoms with Crippen LogP contribution in [0.4, 0.5) is 5.82 Å². The molecule has 0 fully saturated rings. The molecule has 2 atom stereocenters. The van der Waals surface area contributed by atoms with E-state index < -0.39 is 0 Å². The predicted molar refractivity (Wildman–Crippen MR) is 67.5 cm³/mol. The van der Waals surface area contributed by atoms with Crippen molar-refractivity contribution in [2.75, 3.05) is 5.73 Å². The summed E-state index contributed by atoms with van der Waals surface area (Å²) in [7, 11) is 0. The minimum atomic E-state index is 0.0391. The number of nitrogens with zero attached hydrogens (tertiary/aromatic N) is 2. The molecule has 90 valence electrons. The minimum absolute atomic E-state index is 0.0391. The highest BCUT2D eigenvalue weighted by molar-refractivity contribution is 5.43. The number of nitrogen functional groups attached to an aromatic ring is 1. The van der Waals surface area contributed by atoms with Gasteiger partial charge in [0.05, 0.1) is 5.69 Å². The standard InChI is InChI=1S/C13H23N3/c1-8-6-9(2)16-10(7-8)15-11(12(16)14)13(3,4)5/h8-9H,6-7,14H2,1-5H3. The number of fused-ring (bicyclic) bond motifs is 1. The van der Waals surface area contributed by atoms with Crippen LogP contribution in [0.2, 0.25) is 0 Å². The summed E-state index contributed by atoms with van der Waals surface area (Å²) in [5, 5.41) is 0.